The van der Waals surface area contributed by atoms with E-state index in [1.165, 1.54) is 11.8 Å². The third kappa shape index (κ3) is 2.55. The monoisotopic (exact) mass is 332 g/mol. The molecule has 6 nitrogen and oxygen atoms in total. The number of amides is 1. The summed E-state index contributed by atoms with van der Waals surface area (Å²) in [4.78, 5) is 17.7. The Bertz CT molecular complexity index is 738. The molecule has 0 spiro atoms. The number of nitrogens with zero attached hydrogens (tertiary/aromatic N) is 3. The fraction of sp³-hybridized carbons (Fsp3) is 0.143. The van der Waals surface area contributed by atoms with Gasteiger partial charge in [0.05, 0.1) is 24.6 Å². The van der Waals surface area contributed by atoms with Crippen LogP contribution in [0.2, 0.25) is 0 Å². The normalized spacial score (nSPS) is 19.2. The Morgan fingerprint density at radius 2 is 2.09 bits per heavy atom. The second-order valence-electron chi connectivity index (χ2n) is 4.38. The largest absolute Gasteiger partial charge is 0.497 e. The van der Waals surface area contributed by atoms with Gasteiger partial charge >= 0.3 is 0 Å². The molecule has 0 atom stereocenters. The van der Waals surface area contributed by atoms with E-state index < -0.39 is 5.91 Å². The number of fused-ring (bicyclic) bond motifs is 1. The van der Waals surface area contributed by atoms with Crippen LogP contribution in [-0.2, 0) is 4.79 Å². The number of aliphatic imine (C=N–C) groups is 1. The SMILES string of the molecule is COc1ccc(/C=C2/C(=N)N3C(SC)=NSC3=NC2=O)cc1. The van der Waals surface area contributed by atoms with Crippen LogP contribution in [0.15, 0.2) is 39.2 Å². The molecular weight excluding hydrogens is 320 g/mol. The van der Waals surface area contributed by atoms with Crippen LogP contribution in [-0.4, -0.2) is 40.3 Å². The Morgan fingerprint density at radius 1 is 1.36 bits per heavy atom. The average Bonchev–Trinajstić information content (AvgIpc) is 2.95. The number of amidine groups is 3. The van der Waals surface area contributed by atoms with Gasteiger partial charge in [0, 0.05) is 0 Å². The van der Waals surface area contributed by atoms with Crippen LogP contribution in [0.1, 0.15) is 5.56 Å². The molecule has 0 fully saturated rings. The summed E-state index contributed by atoms with van der Waals surface area (Å²) >= 11 is 2.53. The minimum atomic E-state index is -0.419. The standard InChI is InChI=1S/C14H12N4O2S2/c1-20-9-5-3-8(4-6-9)7-10-11(15)18-13(16-12(10)19)22-17-14(18)21-2/h3-7,15H,1-2H3/b10-7-,15-11?. The molecule has 1 amide bonds. The number of carbonyl (C=O) groups is 1. The quantitative estimate of drug-likeness (QED) is 0.665. The third-order valence-corrected chi connectivity index (χ3v) is 4.56. The van der Waals surface area contributed by atoms with Gasteiger partial charge in [-0.05, 0) is 30.0 Å². The minimum absolute atomic E-state index is 0.101. The van der Waals surface area contributed by atoms with E-state index in [9.17, 15) is 4.79 Å². The van der Waals surface area contributed by atoms with Gasteiger partial charge in [-0.15, -0.1) is 0 Å². The summed E-state index contributed by atoms with van der Waals surface area (Å²) in [6, 6.07) is 7.26. The van der Waals surface area contributed by atoms with Gasteiger partial charge in [0.2, 0.25) is 5.17 Å². The molecule has 0 unspecified atom stereocenters. The molecular formula is C14H12N4O2S2. The molecule has 8 heteroatoms. The lowest BCUT2D eigenvalue weighted by Crippen LogP contribution is -2.41. The molecule has 2 aliphatic rings. The number of methoxy groups -OCH3 is 1. The van der Waals surface area contributed by atoms with Crippen molar-refractivity contribution in [1.29, 1.82) is 5.41 Å². The van der Waals surface area contributed by atoms with E-state index >= 15 is 0 Å². The first-order valence-corrected chi connectivity index (χ1v) is 8.30. The maximum atomic E-state index is 12.2. The fourth-order valence-corrected chi connectivity index (χ4v) is 3.45. The summed E-state index contributed by atoms with van der Waals surface area (Å²) in [6.45, 7) is 0. The van der Waals surface area contributed by atoms with Crippen molar-refractivity contribution in [3.05, 3.63) is 35.4 Å². The van der Waals surface area contributed by atoms with Crippen molar-refractivity contribution in [2.45, 2.75) is 0 Å². The Morgan fingerprint density at radius 3 is 2.73 bits per heavy atom. The highest BCUT2D eigenvalue weighted by Crippen LogP contribution is 2.31. The van der Waals surface area contributed by atoms with Gasteiger partial charge in [0.15, 0.2) is 5.17 Å². The number of rotatable bonds is 2. The van der Waals surface area contributed by atoms with Crippen molar-refractivity contribution in [3.63, 3.8) is 0 Å². The molecule has 22 heavy (non-hydrogen) atoms. The summed E-state index contributed by atoms with van der Waals surface area (Å²) in [7, 11) is 1.60. The summed E-state index contributed by atoms with van der Waals surface area (Å²) in [5.41, 5.74) is 1.06. The summed E-state index contributed by atoms with van der Waals surface area (Å²) in [5.74, 6) is 0.418. The lowest BCUT2D eigenvalue weighted by Gasteiger charge is -2.23. The minimum Gasteiger partial charge on any atom is -0.497 e. The van der Waals surface area contributed by atoms with Crippen molar-refractivity contribution in [2.75, 3.05) is 13.4 Å². The highest BCUT2D eigenvalue weighted by atomic mass is 32.2. The Balaban J connectivity index is 1.96. The maximum absolute atomic E-state index is 12.2. The van der Waals surface area contributed by atoms with Crippen LogP contribution in [0.5, 0.6) is 5.75 Å². The number of thioether (sulfide) groups is 1. The lowest BCUT2D eigenvalue weighted by molar-refractivity contribution is -0.114. The fourth-order valence-electron chi connectivity index (χ4n) is 2.00. The Kier molecular flexibility index (Phi) is 4.04. The van der Waals surface area contributed by atoms with Gasteiger partial charge in [0.25, 0.3) is 5.91 Å². The second-order valence-corrected chi connectivity index (χ2v) is 5.89. The molecule has 0 aliphatic carbocycles. The summed E-state index contributed by atoms with van der Waals surface area (Å²) in [5, 5.41) is 9.38. The van der Waals surface area contributed by atoms with Gasteiger partial charge < -0.3 is 4.74 Å². The topological polar surface area (TPSA) is 78.1 Å². The van der Waals surface area contributed by atoms with E-state index in [4.69, 9.17) is 10.1 Å². The summed E-state index contributed by atoms with van der Waals surface area (Å²) < 4.78 is 9.31. The van der Waals surface area contributed by atoms with Crippen LogP contribution in [0.4, 0.5) is 0 Å². The molecule has 1 aromatic rings. The second kappa shape index (κ2) is 5.98. The van der Waals surface area contributed by atoms with E-state index in [1.807, 2.05) is 18.4 Å². The van der Waals surface area contributed by atoms with Crippen molar-refractivity contribution in [1.82, 2.24) is 4.90 Å². The molecule has 0 radical (unpaired) electrons. The predicted molar refractivity (Wildman–Crippen MR) is 91.5 cm³/mol. The van der Waals surface area contributed by atoms with Crippen molar-refractivity contribution >= 4 is 51.9 Å². The molecule has 3 rings (SSSR count). The van der Waals surface area contributed by atoms with Gasteiger partial charge in [-0.2, -0.15) is 9.39 Å². The van der Waals surface area contributed by atoms with Gasteiger partial charge in [-0.25, -0.2) is 4.90 Å². The van der Waals surface area contributed by atoms with Crippen LogP contribution in [0.3, 0.4) is 0 Å². The maximum Gasteiger partial charge on any atom is 0.283 e. The molecule has 0 bridgehead atoms. The Hall–Kier alpha value is -2.06. The molecule has 0 saturated heterocycles. The number of carbonyl (C=O) groups excluding carboxylic acids is 1. The van der Waals surface area contributed by atoms with Crippen LogP contribution >= 0.6 is 23.7 Å². The van der Waals surface area contributed by atoms with E-state index in [2.05, 4.69) is 9.39 Å². The number of hydrogen-bond acceptors (Lipinski definition) is 6. The van der Waals surface area contributed by atoms with Crippen molar-refractivity contribution in [3.8, 4) is 5.75 Å². The lowest BCUT2D eigenvalue weighted by atomic mass is 10.1. The van der Waals surface area contributed by atoms with Crippen molar-refractivity contribution in [2.24, 2.45) is 9.39 Å². The molecule has 2 aliphatic heterocycles. The summed E-state index contributed by atoms with van der Waals surface area (Å²) in [6.07, 6.45) is 3.53. The molecule has 0 saturated carbocycles. The molecule has 1 aromatic carbocycles. The van der Waals surface area contributed by atoms with Crippen molar-refractivity contribution < 1.29 is 9.53 Å². The van der Waals surface area contributed by atoms with Crippen LogP contribution in [0, 0.1) is 5.41 Å². The highest BCUT2D eigenvalue weighted by Gasteiger charge is 2.36. The first-order chi connectivity index (χ1) is 10.6. The van der Waals surface area contributed by atoms with Crippen LogP contribution in [0.25, 0.3) is 6.08 Å². The first-order valence-electron chi connectivity index (χ1n) is 6.31. The predicted octanol–water partition coefficient (Wildman–Crippen LogP) is 2.63. The molecule has 1 N–H and O–H groups in total. The van der Waals surface area contributed by atoms with E-state index in [0.29, 0.717) is 10.3 Å². The number of ether oxygens (including phenoxy) is 1. The zero-order chi connectivity index (χ0) is 15.7. The molecule has 2 heterocycles. The van der Waals surface area contributed by atoms with Gasteiger partial charge in [0.1, 0.15) is 11.6 Å². The zero-order valence-corrected chi connectivity index (χ0v) is 13.5. The van der Waals surface area contributed by atoms with Gasteiger partial charge in [-0.3, -0.25) is 10.2 Å². The molecule has 112 valence electrons. The number of hydrogen-bond donors (Lipinski definition) is 1. The Labute approximate surface area is 136 Å². The van der Waals surface area contributed by atoms with E-state index in [1.54, 1.807) is 30.2 Å². The zero-order valence-electron chi connectivity index (χ0n) is 11.9. The average molecular weight is 332 g/mol. The smallest absolute Gasteiger partial charge is 0.283 e. The van der Waals surface area contributed by atoms with Gasteiger partial charge in [-0.1, -0.05) is 23.9 Å². The van der Waals surface area contributed by atoms with Crippen LogP contribution < -0.4 is 4.74 Å². The van der Waals surface area contributed by atoms with E-state index in [-0.39, 0.29) is 11.4 Å². The number of benzene rings is 1. The molecule has 0 aromatic heterocycles. The number of nitrogens with one attached hydrogen (secondary N) is 1. The van der Waals surface area contributed by atoms with E-state index in [0.717, 1.165) is 23.3 Å². The first kappa shape index (κ1) is 14.9. The highest BCUT2D eigenvalue weighted by molar-refractivity contribution is 8.18. The third-order valence-electron chi connectivity index (χ3n) is 3.10.